The molecule has 1 saturated heterocycles. The zero-order chi connectivity index (χ0) is 13.2. The Kier molecular flexibility index (Phi) is 3.82. The third kappa shape index (κ3) is 2.62. The molecule has 18 heavy (non-hydrogen) atoms. The second kappa shape index (κ2) is 5.20. The van der Waals surface area contributed by atoms with Crippen molar-refractivity contribution in [1.82, 2.24) is 9.97 Å². The first-order chi connectivity index (χ1) is 8.54. The smallest absolute Gasteiger partial charge is 0.135 e. The van der Waals surface area contributed by atoms with E-state index in [2.05, 4.69) is 16.9 Å². The molecule has 0 spiro atoms. The van der Waals surface area contributed by atoms with Crippen LogP contribution in [0.3, 0.4) is 0 Å². The molecule has 2 heterocycles. The third-order valence-electron chi connectivity index (χ3n) is 3.58. The van der Waals surface area contributed by atoms with Gasteiger partial charge in [-0.1, -0.05) is 13.3 Å². The largest absolute Gasteiger partial charge is 0.388 e. The van der Waals surface area contributed by atoms with Crippen LogP contribution in [0.1, 0.15) is 32.3 Å². The molecule has 100 valence electrons. The fourth-order valence-electron chi connectivity index (χ4n) is 2.30. The normalized spacial score (nSPS) is 28.4. The van der Waals surface area contributed by atoms with Crippen LogP contribution in [-0.4, -0.2) is 45.0 Å². The summed E-state index contributed by atoms with van der Waals surface area (Å²) in [6.45, 7) is 4.92. The number of piperidine rings is 1. The van der Waals surface area contributed by atoms with Gasteiger partial charge in [-0.25, -0.2) is 9.97 Å². The number of aliphatic hydroxyl groups is 2. The molecule has 1 aromatic heterocycles. The molecule has 0 radical (unpaired) electrons. The summed E-state index contributed by atoms with van der Waals surface area (Å²) in [5, 5.41) is 19.9. The van der Waals surface area contributed by atoms with Crippen LogP contribution in [0.5, 0.6) is 0 Å². The summed E-state index contributed by atoms with van der Waals surface area (Å²) in [6.07, 6.45) is 5.14. The topological polar surface area (TPSA) is 69.5 Å². The van der Waals surface area contributed by atoms with Gasteiger partial charge in [-0.05, 0) is 19.8 Å². The molecule has 0 unspecified atom stereocenters. The van der Waals surface area contributed by atoms with Crippen molar-refractivity contribution < 1.29 is 10.2 Å². The molecule has 5 nitrogen and oxygen atoms in total. The number of β-amino-alcohol motifs (C(OH)–C–C–N with tert-alkyl or cyclic N) is 1. The second-order valence-corrected chi connectivity index (χ2v) is 5.19. The van der Waals surface area contributed by atoms with Gasteiger partial charge >= 0.3 is 0 Å². The highest BCUT2D eigenvalue weighted by Crippen LogP contribution is 2.27. The van der Waals surface area contributed by atoms with E-state index in [0.29, 0.717) is 19.5 Å². The number of rotatable bonds is 3. The highest BCUT2D eigenvalue weighted by Gasteiger charge is 2.37. The van der Waals surface area contributed by atoms with Gasteiger partial charge < -0.3 is 15.1 Å². The molecule has 0 bridgehead atoms. The lowest BCUT2D eigenvalue weighted by molar-refractivity contribution is -0.0723. The maximum absolute atomic E-state index is 9.97. The van der Waals surface area contributed by atoms with Crippen LogP contribution in [-0.2, 0) is 6.42 Å². The van der Waals surface area contributed by atoms with Crippen LogP contribution in [0.15, 0.2) is 12.5 Å². The van der Waals surface area contributed by atoms with Gasteiger partial charge in [-0.2, -0.15) is 0 Å². The fraction of sp³-hybridized carbons (Fsp3) is 0.692. The van der Waals surface area contributed by atoms with Crippen molar-refractivity contribution in [2.45, 2.75) is 44.8 Å². The van der Waals surface area contributed by atoms with E-state index in [9.17, 15) is 10.2 Å². The lowest BCUT2D eigenvalue weighted by Crippen LogP contribution is -2.54. The highest BCUT2D eigenvalue weighted by atomic mass is 16.3. The van der Waals surface area contributed by atoms with Gasteiger partial charge in [0, 0.05) is 24.8 Å². The van der Waals surface area contributed by atoms with E-state index in [0.717, 1.165) is 24.2 Å². The molecule has 2 N–H and O–H groups in total. The van der Waals surface area contributed by atoms with E-state index < -0.39 is 11.7 Å². The van der Waals surface area contributed by atoms with Crippen LogP contribution in [0, 0.1) is 0 Å². The predicted octanol–water partition coefficient (Wildman–Crippen LogP) is 0.751. The van der Waals surface area contributed by atoms with E-state index in [1.165, 1.54) is 6.33 Å². The van der Waals surface area contributed by atoms with Gasteiger partial charge in [-0.3, -0.25) is 0 Å². The minimum absolute atomic E-state index is 0.417. The summed E-state index contributed by atoms with van der Waals surface area (Å²) in [5.41, 5.74) is 0.114. The number of anilines is 1. The Balaban J connectivity index is 2.18. The van der Waals surface area contributed by atoms with E-state index in [-0.39, 0.29) is 0 Å². The molecule has 0 aromatic carbocycles. The first-order valence-electron chi connectivity index (χ1n) is 6.49. The van der Waals surface area contributed by atoms with Crippen molar-refractivity contribution in [3.8, 4) is 0 Å². The summed E-state index contributed by atoms with van der Waals surface area (Å²) in [4.78, 5) is 10.4. The average molecular weight is 251 g/mol. The number of nitrogens with zero attached hydrogens (tertiary/aromatic N) is 3. The van der Waals surface area contributed by atoms with Crippen LogP contribution >= 0.6 is 0 Å². The Morgan fingerprint density at radius 1 is 1.56 bits per heavy atom. The van der Waals surface area contributed by atoms with Gasteiger partial charge in [0.15, 0.2) is 0 Å². The summed E-state index contributed by atoms with van der Waals surface area (Å²) in [5.74, 6) is 0.890. The molecule has 1 fully saturated rings. The van der Waals surface area contributed by atoms with E-state index >= 15 is 0 Å². The Bertz CT molecular complexity index is 409. The number of hydrogen-bond donors (Lipinski definition) is 2. The average Bonchev–Trinajstić information content (AvgIpc) is 2.34. The molecular weight excluding hydrogens is 230 g/mol. The van der Waals surface area contributed by atoms with Crippen molar-refractivity contribution in [3.63, 3.8) is 0 Å². The van der Waals surface area contributed by atoms with Crippen molar-refractivity contribution in [1.29, 1.82) is 0 Å². The molecule has 5 heteroatoms. The lowest BCUT2D eigenvalue weighted by Gasteiger charge is -2.40. The molecule has 0 aliphatic carbocycles. The van der Waals surface area contributed by atoms with E-state index in [1.807, 2.05) is 11.1 Å². The summed E-state index contributed by atoms with van der Waals surface area (Å²) in [6, 6.07) is 0. The van der Waals surface area contributed by atoms with Gasteiger partial charge in [0.2, 0.25) is 0 Å². The van der Waals surface area contributed by atoms with Crippen LogP contribution in [0.4, 0.5) is 5.82 Å². The zero-order valence-corrected chi connectivity index (χ0v) is 11.0. The second-order valence-electron chi connectivity index (χ2n) is 5.19. The Morgan fingerprint density at radius 2 is 2.33 bits per heavy atom. The van der Waals surface area contributed by atoms with Crippen molar-refractivity contribution in [2.75, 3.05) is 18.0 Å². The quantitative estimate of drug-likeness (QED) is 0.829. The monoisotopic (exact) mass is 251 g/mol. The highest BCUT2D eigenvalue weighted by molar-refractivity contribution is 5.46. The van der Waals surface area contributed by atoms with Gasteiger partial charge in [0.05, 0.1) is 11.7 Å². The van der Waals surface area contributed by atoms with E-state index in [1.54, 1.807) is 6.92 Å². The van der Waals surface area contributed by atoms with Crippen molar-refractivity contribution >= 4 is 5.82 Å². The third-order valence-corrected chi connectivity index (χ3v) is 3.58. The van der Waals surface area contributed by atoms with Gasteiger partial charge in [0.1, 0.15) is 12.1 Å². The van der Waals surface area contributed by atoms with Gasteiger partial charge in [-0.15, -0.1) is 0 Å². The number of aromatic nitrogens is 2. The summed E-state index contributed by atoms with van der Waals surface area (Å²) in [7, 11) is 0. The summed E-state index contributed by atoms with van der Waals surface area (Å²) >= 11 is 0. The van der Waals surface area contributed by atoms with Crippen LogP contribution in [0.25, 0.3) is 0 Å². The zero-order valence-electron chi connectivity index (χ0n) is 11.0. The van der Waals surface area contributed by atoms with E-state index in [4.69, 9.17) is 0 Å². The number of hydrogen-bond acceptors (Lipinski definition) is 5. The van der Waals surface area contributed by atoms with Crippen molar-refractivity contribution in [3.05, 3.63) is 18.1 Å². The minimum Gasteiger partial charge on any atom is -0.388 e. The summed E-state index contributed by atoms with van der Waals surface area (Å²) < 4.78 is 0. The number of aliphatic hydroxyl groups excluding tert-OH is 1. The fourth-order valence-corrected chi connectivity index (χ4v) is 2.30. The van der Waals surface area contributed by atoms with Gasteiger partial charge in [0.25, 0.3) is 0 Å². The minimum atomic E-state index is -0.992. The molecule has 2 atom stereocenters. The Hall–Kier alpha value is -1.20. The molecule has 0 amide bonds. The molecule has 2 rings (SSSR count). The molecular formula is C13H21N3O2. The molecule has 0 saturated carbocycles. The van der Waals surface area contributed by atoms with Crippen LogP contribution < -0.4 is 4.90 Å². The molecule has 1 aromatic rings. The first-order valence-corrected chi connectivity index (χ1v) is 6.49. The molecule has 1 aliphatic rings. The first kappa shape index (κ1) is 13.2. The lowest BCUT2D eigenvalue weighted by atomic mass is 9.90. The number of aryl methyl sites for hydroxylation is 1. The molecule has 1 aliphatic heterocycles. The Labute approximate surface area is 107 Å². The maximum Gasteiger partial charge on any atom is 0.135 e. The standard InChI is InChI=1S/C13H21N3O2/c1-3-4-10-7-14-9-15-12(10)16-6-5-13(2,18)11(17)8-16/h7,9,11,17-18H,3-6,8H2,1-2H3/t11-,13+/m1/s1. The Morgan fingerprint density at radius 3 is 3.00 bits per heavy atom. The van der Waals surface area contributed by atoms with Crippen LogP contribution in [0.2, 0.25) is 0 Å². The predicted molar refractivity (Wildman–Crippen MR) is 69.5 cm³/mol. The van der Waals surface area contributed by atoms with Crippen molar-refractivity contribution in [2.24, 2.45) is 0 Å². The SMILES string of the molecule is CCCc1cncnc1N1CC[C@](C)(O)[C@H](O)C1. The maximum atomic E-state index is 9.97.